The number of aromatic nitrogens is 7. The molecule has 2 aromatic carbocycles. The molecule has 0 bridgehead atoms. The molecule has 6 aromatic rings. The maximum atomic E-state index is 15.6. The van der Waals surface area contributed by atoms with Crippen molar-refractivity contribution in [1.29, 1.82) is 0 Å². The number of carboxylic acids is 1. The molecule has 0 saturated heterocycles. The highest BCUT2D eigenvalue weighted by molar-refractivity contribution is 6.31. The molecule has 0 aliphatic rings. The number of ether oxygens (including phenoxy) is 2. The number of rotatable bonds is 12. The van der Waals surface area contributed by atoms with Gasteiger partial charge < -0.3 is 19.1 Å². The minimum Gasteiger partial charge on any atom is -0.478 e. The van der Waals surface area contributed by atoms with Crippen molar-refractivity contribution in [2.45, 2.75) is 39.5 Å². The second kappa shape index (κ2) is 13.6. The molecule has 0 aliphatic carbocycles. The molecule has 14 heteroatoms. The Kier molecular flexibility index (Phi) is 9.18. The Morgan fingerprint density at radius 1 is 1.04 bits per heavy atom. The summed E-state index contributed by atoms with van der Waals surface area (Å²) in [5.41, 5.74) is 2.00. The molecule has 0 atom stereocenters. The van der Waals surface area contributed by atoms with Crippen LogP contribution in [0.25, 0.3) is 28.1 Å². The number of carboxylic acid groups (broad SMARTS) is 1. The van der Waals surface area contributed by atoms with Gasteiger partial charge in [0.05, 0.1) is 52.4 Å². The van der Waals surface area contributed by atoms with Gasteiger partial charge >= 0.3 is 5.97 Å². The normalized spacial score (nSPS) is 11.4. The fourth-order valence-electron chi connectivity index (χ4n) is 4.97. The first-order valence-corrected chi connectivity index (χ1v) is 15.0. The number of pyridine rings is 2. The third-order valence-electron chi connectivity index (χ3n) is 7.27. The van der Waals surface area contributed by atoms with Gasteiger partial charge in [0.1, 0.15) is 24.1 Å². The van der Waals surface area contributed by atoms with Gasteiger partial charge in [-0.1, -0.05) is 22.9 Å². The van der Waals surface area contributed by atoms with Crippen LogP contribution >= 0.6 is 11.6 Å². The Labute approximate surface area is 272 Å². The van der Waals surface area contributed by atoms with Crippen molar-refractivity contribution < 1.29 is 28.2 Å². The Morgan fingerprint density at radius 3 is 2.64 bits per heavy atom. The van der Waals surface area contributed by atoms with Crippen molar-refractivity contribution in [3.05, 3.63) is 112 Å². The van der Waals surface area contributed by atoms with Crippen molar-refractivity contribution in [3.8, 4) is 23.0 Å². The van der Waals surface area contributed by atoms with Crippen molar-refractivity contribution >= 4 is 28.6 Å². The Morgan fingerprint density at radius 2 is 1.89 bits per heavy atom. The van der Waals surface area contributed by atoms with Gasteiger partial charge in [0, 0.05) is 42.4 Å². The zero-order chi connectivity index (χ0) is 33.1. The van der Waals surface area contributed by atoms with Crippen LogP contribution in [0.5, 0.6) is 5.88 Å². The molecule has 4 heterocycles. The van der Waals surface area contributed by atoms with Crippen LogP contribution in [-0.4, -0.2) is 58.3 Å². The topological polar surface area (TPSA) is 130 Å². The van der Waals surface area contributed by atoms with Gasteiger partial charge in [0.25, 0.3) is 0 Å². The van der Waals surface area contributed by atoms with Crippen molar-refractivity contribution in [2.75, 3.05) is 6.61 Å². The summed E-state index contributed by atoms with van der Waals surface area (Å²) in [7, 11) is 0. The summed E-state index contributed by atoms with van der Waals surface area (Å²) in [6, 6.07) is 13.2. The lowest BCUT2D eigenvalue weighted by Crippen LogP contribution is -2.13. The lowest BCUT2D eigenvalue weighted by atomic mass is 10.0. The first-order valence-electron chi connectivity index (χ1n) is 14.6. The summed E-state index contributed by atoms with van der Waals surface area (Å²) in [4.78, 5) is 24.9. The zero-order valence-electron chi connectivity index (χ0n) is 25.3. The van der Waals surface area contributed by atoms with Gasteiger partial charge in [0.2, 0.25) is 5.88 Å². The predicted octanol–water partition coefficient (Wildman–Crippen LogP) is 6.30. The molecule has 0 spiro atoms. The number of carbonyl (C=O) groups is 1. The van der Waals surface area contributed by atoms with Crippen molar-refractivity contribution in [1.82, 2.24) is 34.5 Å². The number of imidazole rings is 1. The molecule has 1 N–H and O–H groups in total. The van der Waals surface area contributed by atoms with E-state index in [9.17, 15) is 9.90 Å². The van der Waals surface area contributed by atoms with Crippen LogP contribution in [0.4, 0.5) is 8.78 Å². The van der Waals surface area contributed by atoms with Crippen molar-refractivity contribution in [2.24, 2.45) is 0 Å². The lowest BCUT2D eigenvalue weighted by Gasteiger charge is -2.13. The molecule has 6 rings (SSSR count). The second-order valence-electron chi connectivity index (χ2n) is 10.8. The van der Waals surface area contributed by atoms with E-state index in [4.69, 9.17) is 21.1 Å². The molecule has 240 valence electrons. The summed E-state index contributed by atoms with van der Waals surface area (Å²) >= 11 is 6.41. The lowest BCUT2D eigenvalue weighted by molar-refractivity contribution is 0.0697. The maximum Gasteiger partial charge on any atom is 0.335 e. The molecular weight excluding hydrogens is 632 g/mol. The van der Waals surface area contributed by atoms with E-state index in [1.54, 1.807) is 47.3 Å². The average molecular weight is 660 g/mol. The van der Waals surface area contributed by atoms with Crippen LogP contribution in [-0.2, 0) is 24.3 Å². The van der Waals surface area contributed by atoms with Gasteiger partial charge in [-0.05, 0) is 55.8 Å². The van der Waals surface area contributed by atoms with Gasteiger partial charge in [-0.3, -0.25) is 0 Å². The smallest absolute Gasteiger partial charge is 0.335 e. The number of hydrogen-bond donors (Lipinski definition) is 1. The standard InChI is InChI=1S/C33H28ClF2N7O4/c1-19(2)46-11-10-42-29-13-20(33(44)45)6-7-28(29)39-31(42)14-21-12-26(36)23(15-25(21)35)27-4-3-5-32(40-27)47-18-22-17-37-30(16-24(22)34)43-9-8-38-41-43/h3-9,12-13,15-17,19H,10-11,14,18H2,1-2H3,(H,44,45). The molecule has 0 unspecified atom stereocenters. The summed E-state index contributed by atoms with van der Waals surface area (Å²) in [6.07, 6.45) is 4.65. The van der Waals surface area contributed by atoms with Crippen LogP contribution in [0.2, 0.25) is 5.02 Å². The van der Waals surface area contributed by atoms with Crippen molar-refractivity contribution in [3.63, 3.8) is 0 Å². The quantitative estimate of drug-likeness (QED) is 0.161. The van der Waals surface area contributed by atoms with E-state index in [1.165, 1.54) is 23.0 Å². The van der Waals surface area contributed by atoms with Gasteiger partial charge in [0.15, 0.2) is 5.82 Å². The third kappa shape index (κ3) is 7.11. The molecule has 0 radical (unpaired) electrons. The van der Waals surface area contributed by atoms with Crippen LogP contribution in [0, 0.1) is 11.6 Å². The van der Waals surface area contributed by atoms with Gasteiger partial charge in [-0.15, -0.1) is 5.10 Å². The molecular formula is C33H28ClF2N7O4. The first kappa shape index (κ1) is 31.7. The van der Waals surface area contributed by atoms with Crippen LogP contribution in [0.1, 0.15) is 41.2 Å². The van der Waals surface area contributed by atoms with E-state index in [2.05, 4.69) is 25.3 Å². The second-order valence-corrected chi connectivity index (χ2v) is 11.2. The van der Waals surface area contributed by atoms with E-state index >= 15 is 8.78 Å². The molecule has 0 fully saturated rings. The van der Waals surface area contributed by atoms with E-state index in [1.807, 2.05) is 13.8 Å². The van der Waals surface area contributed by atoms with Crippen LogP contribution < -0.4 is 4.74 Å². The van der Waals surface area contributed by atoms with E-state index in [0.717, 1.165) is 12.1 Å². The first-order chi connectivity index (χ1) is 22.7. The predicted molar refractivity (Wildman–Crippen MR) is 169 cm³/mol. The number of benzene rings is 2. The zero-order valence-corrected chi connectivity index (χ0v) is 26.0. The average Bonchev–Trinajstić information content (AvgIpc) is 3.70. The minimum absolute atomic E-state index is 0.0214. The molecule has 11 nitrogen and oxygen atoms in total. The Bertz CT molecular complexity index is 2070. The highest BCUT2D eigenvalue weighted by Crippen LogP contribution is 2.29. The molecule has 0 aliphatic heterocycles. The fraction of sp³-hybridized carbons (Fsp3) is 0.212. The van der Waals surface area contributed by atoms with Gasteiger partial charge in [-0.25, -0.2) is 33.2 Å². The fourth-order valence-corrected chi connectivity index (χ4v) is 5.17. The Hall–Kier alpha value is -5.27. The number of nitrogens with zero attached hydrogens (tertiary/aromatic N) is 7. The number of halogens is 3. The van der Waals surface area contributed by atoms with Crippen LogP contribution in [0.15, 0.2) is 73.2 Å². The summed E-state index contributed by atoms with van der Waals surface area (Å²) < 4.78 is 45.9. The third-order valence-corrected chi connectivity index (χ3v) is 7.62. The monoisotopic (exact) mass is 659 g/mol. The number of hydrogen-bond acceptors (Lipinski definition) is 8. The highest BCUT2D eigenvalue weighted by atomic mass is 35.5. The van der Waals surface area contributed by atoms with Gasteiger partial charge in [-0.2, -0.15) is 0 Å². The summed E-state index contributed by atoms with van der Waals surface area (Å²) in [5.74, 6) is -1.30. The molecule has 0 amide bonds. The molecule has 47 heavy (non-hydrogen) atoms. The molecule has 4 aromatic heterocycles. The number of fused-ring (bicyclic) bond motifs is 1. The molecule has 0 saturated carbocycles. The summed E-state index contributed by atoms with van der Waals surface area (Å²) in [5, 5.41) is 17.5. The SMILES string of the molecule is CC(C)OCCn1c(Cc2cc(F)c(-c3cccc(OCc4cnc(-n5ccnn5)cc4Cl)n3)cc2F)nc2ccc(C(=O)O)cc21. The summed E-state index contributed by atoms with van der Waals surface area (Å²) in [6.45, 7) is 4.51. The van der Waals surface area contributed by atoms with Crippen LogP contribution in [0.3, 0.4) is 0 Å². The minimum atomic E-state index is -1.08. The maximum absolute atomic E-state index is 15.6. The van der Waals surface area contributed by atoms with E-state index < -0.39 is 17.6 Å². The number of aromatic carboxylic acids is 1. The highest BCUT2D eigenvalue weighted by Gasteiger charge is 2.19. The van der Waals surface area contributed by atoms with E-state index in [-0.39, 0.29) is 47.4 Å². The van der Waals surface area contributed by atoms with E-state index in [0.29, 0.717) is 46.4 Å². The largest absolute Gasteiger partial charge is 0.478 e. The Balaban J connectivity index is 1.22.